The summed E-state index contributed by atoms with van der Waals surface area (Å²) in [5.74, 6) is 3.00. The van der Waals surface area contributed by atoms with Gasteiger partial charge in [0.2, 0.25) is 0 Å². The van der Waals surface area contributed by atoms with Crippen LogP contribution in [0.4, 0.5) is 0 Å². The molecule has 32 heavy (non-hydrogen) atoms. The van der Waals surface area contributed by atoms with Crippen molar-refractivity contribution in [3.05, 3.63) is 46.3 Å². The van der Waals surface area contributed by atoms with E-state index >= 15 is 0 Å². The van der Waals surface area contributed by atoms with E-state index in [1.807, 2.05) is 0 Å². The van der Waals surface area contributed by atoms with Gasteiger partial charge in [-0.05, 0) is 63.5 Å². The summed E-state index contributed by atoms with van der Waals surface area (Å²) < 4.78 is 30.7. The van der Waals surface area contributed by atoms with Gasteiger partial charge >= 0.3 is 0 Å². The number of ether oxygens (including phenoxy) is 4. The second-order valence-electron chi connectivity index (χ2n) is 10.0. The van der Waals surface area contributed by atoms with Gasteiger partial charge in [-0.1, -0.05) is 23.4 Å². The number of aryl methyl sites for hydroxylation is 2. The van der Waals surface area contributed by atoms with Gasteiger partial charge in [-0.3, -0.25) is 0 Å². The molecular weight excluding hydrogens is 406 g/mol. The first-order chi connectivity index (χ1) is 15.6. The molecule has 3 saturated carbocycles. The number of benzene rings is 1. The number of rotatable bonds is 7. The van der Waals surface area contributed by atoms with Crippen LogP contribution in [0.1, 0.15) is 72.6 Å². The van der Waals surface area contributed by atoms with Crippen molar-refractivity contribution in [1.82, 2.24) is 5.16 Å². The molecular formula is C26H33NO5. The van der Waals surface area contributed by atoms with Gasteiger partial charge in [-0.25, -0.2) is 0 Å². The zero-order chi connectivity index (χ0) is 21.7. The number of aromatic nitrogens is 1. The van der Waals surface area contributed by atoms with Crippen LogP contribution >= 0.6 is 0 Å². The van der Waals surface area contributed by atoms with E-state index in [0.29, 0.717) is 31.0 Å². The van der Waals surface area contributed by atoms with Gasteiger partial charge in [0.25, 0.3) is 0 Å². The molecule has 1 aliphatic heterocycles. The molecule has 6 rings (SSSR count). The molecule has 0 amide bonds. The Balaban J connectivity index is 1.15. The normalized spacial score (nSPS) is 28.5. The van der Waals surface area contributed by atoms with Crippen molar-refractivity contribution in [2.24, 2.45) is 11.8 Å². The summed E-state index contributed by atoms with van der Waals surface area (Å²) in [5.41, 5.74) is 4.24. The third-order valence-electron chi connectivity index (χ3n) is 7.91. The van der Waals surface area contributed by atoms with Gasteiger partial charge in [0, 0.05) is 23.3 Å². The molecule has 4 aliphatic rings. The lowest BCUT2D eigenvalue weighted by Crippen LogP contribution is -2.47. The van der Waals surface area contributed by atoms with Crippen LogP contribution in [-0.2, 0) is 27.4 Å². The summed E-state index contributed by atoms with van der Waals surface area (Å²) in [5, 5.41) is 4.40. The highest BCUT2D eigenvalue weighted by molar-refractivity contribution is 5.40. The fraction of sp³-hybridized carbons (Fsp3) is 0.654. The molecule has 3 atom stereocenters. The summed E-state index contributed by atoms with van der Waals surface area (Å²) in [6.07, 6.45) is 6.96. The van der Waals surface area contributed by atoms with E-state index in [1.165, 1.54) is 25.7 Å². The van der Waals surface area contributed by atoms with Gasteiger partial charge in [0.15, 0.2) is 5.79 Å². The largest absolute Gasteiger partial charge is 0.487 e. The second kappa shape index (κ2) is 8.15. The zero-order valence-corrected chi connectivity index (χ0v) is 19.1. The lowest BCUT2D eigenvalue weighted by atomic mass is 9.81. The molecule has 6 heteroatoms. The average molecular weight is 440 g/mol. The molecule has 2 aromatic rings. The standard InChI is InChI=1S/C26H33NO5/c1-16-4-3-5-17(2)24(16)29-15-23-22(25(32-27-23)18-6-7-18)14-28-21-12-19-8-9-20(13-21)26(19)30-10-11-31-26/h3-5,18-21H,6-15H2,1-2H3/t19-,20+,21-. The van der Waals surface area contributed by atoms with Crippen LogP contribution in [0.25, 0.3) is 0 Å². The van der Waals surface area contributed by atoms with Crippen LogP contribution in [0.15, 0.2) is 22.7 Å². The Morgan fingerprint density at radius 3 is 2.31 bits per heavy atom. The molecule has 6 nitrogen and oxygen atoms in total. The highest BCUT2D eigenvalue weighted by atomic mass is 16.7. The lowest BCUT2D eigenvalue weighted by Gasteiger charge is -2.41. The Kier molecular flexibility index (Phi) is 5.27. The van der Waals surface area contributed by atoms with Crippen molar-refractivity contribution in [3.8, 4) is 5.75 Å². The summed E-state index contributed by atoms with van der Waals surface area (Å²) in [6.45, 7) is 6.56. The minimum absolute atomic E-state index is 0.236. The van der Waals surface area contributed by atoms with Gasteiger partial charge < -0.3 is 23.5 Å². The Bertz CT molecular complexity index is 938. The Hall–Kier alpha value is -1.89. The molecule has 4 fully saturated rings. The third kappa shape index (κ3) is 3.57. The van der Waals surface area contributed by atoms with E-state index in [0.717, 1.165) is 59.9 Å². The summed E-state index contributed by atoms with van der Waals surface area (Å²) in [7, 11) is 0. The first-order valence-corrected chi connectivity index (χ1v) is 12.2. The number of hydrogen-bond donors (Lipinski definition) is 0. The maximum atomic E-state index is 6.50. The van der Waals surface area contributed by atoms with Crippen LogP contribution in [-0.4, -0.2) is 30.3 Å². The SMILES string of the molecule is Cc1cccc(C)c1OCc1noc(C2CC2)c1CO[C@@H]1C[C@H]2CC[C@@H](C1)C21OCCO1. The van der Waals surface area contributed by atoms with Gasteiger partial charge in [0.1, 0.15) is 23.8 Å². The van der Waals surface area contributed by atoms with E-state index in [-0.39, 0.29) is 11.9 Å². The third-order valence-corrected chi connectivity index (χ3v) is 7.91. The molecule has 0 N–H and O–H groups in total. The van der Waals surface area contributed by atoms with Crippen molar-refractivity contribution in [1.29, 1.82) is 0 Å². The van der Waals surface area contributed by atoms with Crippen molar-refractivity contribution < 1.29 is 23.5 Å². The molecule has 172 valence electrons. The lowest BCUT2D eigenvalue weighted by molar-refractivity contribution is -0.238. The van der Waals surface area contributed by atoms with Gasteiger partial charge in [-0.15, -0.1) is 0 Å². The molecule has 1 aromatic carbocycles. The molecule has 3 aliphatic carbocycles. The van der Waals surface area contributed by atoms with E-state index in [9.17, 15) is 0 Å². The number of nitrogens with zero attached hydrogens (tertiary/aromatic N) is 1. The minimum atomic E-state index is -0.319. The molecule has 2 bridgehead atoms. The van der Waals surface area contributed by atoms with Crippen LogP contribution in [0.5, 0.6) is 5.75 Å². The summed E-state index contributed by atoms with van der Waals surface area (Å²) >= 11 is 0. The number of para-hydroxylation sites is 1. The molecule has 1 saturated heterocycles. The fourth-order valence-corrected chi connectivity index (χ4v) is 6.14. The van der Waals surface area contributed by atoms with E-state index < -0.39 is 0 Å². The highest BCUT2D eigenvalue weighted by Gasteiger charge is 2.58. The predicted molar refractivity (Wildman–Crippen MR) is 117 cm³/mol. The number of hydrogen-bond acceptors (Lipinski definition) is 6. The first-order valence-electron chi connectivity index (χ1n) is 12.2. The molecule has 2 heterocycles. The second-order valence-corrected chi connectivity index (χ2v) is 10.0. The predicted octanol–water partition coefficient (Wildman–Crippen LogP) is 5.20. The molecule has 0 unspecified atom stereocenters. The van der Waals surface area contributed by atoms with Crippen LogP contribution in [0, 0.1) is 25.7 Å². The van der Waals surface area contributed by atoms with Gasteiger partial charge in [-0.2, -0.15) is 0 Å². The first kappa shape index (κ1) is 20.7. The fourth-order valence-electron chi connectivity index (χ4n) is 6.14. The van der Waals surface area contributed by atoms with E-state index in [1.54, 1.807) is 0 Å². The average Bonchev–Trinajstić information content (AvgIpc) is 3.34. The minimum Gasteiger partial charge on any atom is -0.487 e. The van der Waals surface area contributed by atoms with Crippen molar-refractivity contribution in [2.75, 3.05) is 13.2 Å². The maximum absolute atomic E-state index is 6.50. The zero-order valence-electron chi connectivity index (χ0n) is 19.1. The topological polar surface area (TPSA) is 63.0 Å². The molecule has 1 aromatic heterocycles. The van der Waals surface area contributed by atoms with Crippen molar-refractivity contribution in [3.63, 3.8) is 0 Å². The van der Waals surface area contributed by atoms with Crippen LogP contribution in [0.2, 0.25) is 0 Å². The van der Waals surface area contributed by atoms with Crippen molar-refractivity contribution in [2.45, 2.75) is 83.4 Å². The van der Waals surface area contributed by atoms with Crippen molar-refractivity contribution >= 4 is 0 Å². The monoisotopic (exact) mass is 439 g/mol. The molecule has 0 radical (unpaired) electrons. The maximum Gasteiger partial charge on any atom is 0.174 e. The van der Waals surface area contributed by atoms with E-state index in [4.69, 9.17) is 23.5 Å². The summed E-state index contributed by atoms with van der Waals surface area (Å²) in [6, 6.07) is 6.21. The smallest absolute Gasteiger partial charge is 0.174 e. The van der Waals surface area contributed by atoms with Crippen LogP contribution < -0.4 is 4.74 Å². The van der Waals surface area contributed by atoms with Gasteiger partial charge in [0.05, 0.1) is 25.9 Å². The Morgan fingerprint density at radius 2 is 1.66 bits per heavy atom. The highest BCUT2D eigenvalue weighted by Crippen LogP contribution is 2.54. The van der Waals surface area contributed by atoms with E-state index in [2.05, 4.69) is 37.2 Å². The quantitative estimate of drug-likeness (QED) is 0.591. The Morgan fingerprint density at radius 1 is 0.969 bits per heavy atom. The van der Waals surface area contributed by atoms with Crippen LogP contribution in [0.3, 0.4) is 0 Å². The Labute approximate surface area is 189 Å². The summed E-state index contributed by atoms with van der Waals surface area (Å²) in [4.78, 5) is 0. The molecule has 1 spiro atoms.